The molecule has 1 N–H and O–H groups in total. The lowest BCUT2D eigenvalue weighted by Gasteiger charge is -2.24. The summed E-state index contributed by atoms with van der Waals surface area (Å²) in [6.07, 6.45) is 3.76. The van der Waals surface area contributed by atoms with E-state index in [9.17, 15) is 0 Å². The SMILES string of the molecule is Brc1cc(C2CCCNC2)ccc1C1CCOC1. The lowest BCUT2D eigenvalue weighted by molar-refractivity contribution is 0.194. The van der Waals surface area contributed by atoms with E-state index >= 15 is 0 Å². The number of nitrogens with one attached hydrogen (secondary N) is 1. The monoisotopic (exact) mass is 309 g/mol. The van der Waals surface area contributed by atoms with Gasteiger partial charge in [-0.2, -0.15) is 0 Å². The lowest BCUT2D eigenvalue weighted by Crippen LogP contribution is -2.28. The minimum absolute atomic E-state index is 0.581. The van der Waals surface area contributed by atoms with Gasteiger partial charge in [-0.1, -0.05) is 28.1 Å². The molecule has 0 radical (unpaired) electrons. The fourth-order valence-electron chi connectivity index (χ4n) is 3.04. The van der Waals surface area contributed by atoms with Crippen LogP contribution in [0.4, 0.5) is 0 Å². The number of ether oxygens (including phenoxy) is 1. The van der Waals surface area contributed by atoms with Crippen molar-refractivity contribution in [2.75, 3.05) is 26.3 Å². The second-order valence-electron chi connectivity index (χ2n) is 5.38. The van der Waals surface area contributed by atoms with Crippen LogP contribution in [0.2, 0.25) is 0 Å². The van der Waals surface area contributed by atoms with E-state index < -0.39 is 0 Å². The lowest BCUT2D eigenvalue weighted by atomic mass is 9.89. The predicted octanol–water partition coefficient (Wildman–Crippen LogP) is 3.42. The summed E-state index contributed by atoms with van der Waals surface area (Å²) in [6, 6.07) is 6.94. The van der Waals surface area contributed by atoms with Crippen molar-refractivity contribution in [3.8, 4) is 0 Å². The molecule has 3 rings (SSSR count). The van der Waals surface area contributed by atoms with Crippen molar-refractivity contribution in [1.29, 1.82) is 0 Å². The van der Waals surface area contributed by atoms with E-state index in [-0.39, 0.29) is 0 Å². The highest BCUT2D eigenvalue weighted by atomic mass is 79.9. The molecule has 3 heteroatoms. The van der Waals surface area contributed by atoms with Crippen molar-refractivity contribution >= 4 is 15.9 Å². The molecule has 0 aromatic heterocycles. The minimum Gasteiger partial charge on any atom is -0.381 e. The van der Waals surface area contributed by atoms with Gasteiger partial charge in [-0.05, 0) is 48.9 Å². The fourth-order valence-corrected chi connectivity index (χ4v) is 3.76. The summed E-state index contributed by atoms with van der Waals surface area (Å²) >= 11 is 3.75. The van der Waals surface area contributed by atoms with Crippen molar-refractivity contribution in [3.63, 3.8) is 0 Å². The molecule has 0 bridgehead atoms. The molecular weight excluding hydrogens is 290 g/mol. The van der Waals surface area contributed by atoms with Crippen LogP contribution in [0, 0.1) is 0 Å². The van der Waals surface area contributed by atoms with Gasteiger partial charge < -0.3 is 10.1 Å². The number of hydrogen-bond donors (Lipinski definition) is 1. The number of hydrogen-bond acceptors (Lipinski definition) is 2. The first kappa shape index (κ1) is 12.6. The Labute approximate surface area is 117 Å². The highest BCUT2D eigenvalue weighted by Gasteiger charge is 2.21. The van der Waals surface area contributed by atoms with Crippen LogP contribution < -0.4 is 5.32 Å². The molecule has 18 heavy (non-hydrogen) atoms. The Balaban J connectivity index is 1.79. The van der Waals surface area contributed by atoms with Gasteiger partial charge in [-0.3, -0.25) is 0 Å². The molecule has 2 unspecified atom stereocenters. The predicted molar refractivity (Wildman–Crippen MR) is 77.2 cm³/mol. The van der Waals surface area contributed by atoms with Crippen LogP contribution in [0.15, 0.2) is 22.7 Å². The maximum absolute atomic E-state index is 5.48. The van der Waals surface area contributed by atoms with Gasteiger partial charge in [0.2, 0.25) is 0 Å². The van der Waals surface area contributed by atoms with Crippen LogP contribution in [0.25, 0.3) is 0 Å². The van der Waals surface area contributed by atoms with Gasteiger partial charge in [0.25, 0.3) is 0 Å². The maximum atomic E-state index is 5.48. The highest BCUT2D eigenvalue weighted by Crippen LogP contribution is 2.34. The van der Waals surface area contributed by atoms with Crippen molar-refractivity contribution in [1.82, 2.24) is 5.32 Å². The second kappa shape index (κ2) is 5.72. The van der Waals surface area contributed by atoms with Crippen LogP contribution in [0.3, 0.4) is 0 Å². The standard InChI is InChI=1S/C15H20BrNO/c16-15-8-11(12-2-1-6-17-9-12)3-4-14(15)13-5-7-18-10-13/h3-4,8,12-13,17H,1-2,5-7,9-10H2. The molecule has 1 aromatic carbocycles. The van der Waals surface area contributed by atoms with E-state index in [0.29, 0.717) is 11.8 Å². The zero-order valence-electron chi connectivity index (χ0n) is 10.6. The normalized spacial score (nSPS) is 28.5. The van der Waals surface area contributed by atoms with E-state index in [1.54, 1.807) is 0 Å². The summed E-state index contributed by atoms with van der Waals surface area (Å²) in [4.78, 5) is 0. The molecule has 2 fully saturated rings. The first-order valence-electron chi connectivity index (χ1n) is 6.92. The van der Waals surface area contributed by atoms with Gasteiger partial charge in [0.15, 0.2) is 0 Å². The van der Waals surface area contributed by atoms with Gasteiger partial charge in [-0.25, -0.2) is 0 Å². The van der Waals surface area contributed by atoms with Crippen molar-refractivity contribution in [3.05, 3.63) is 33.8 Å². The number of halogens is 1. The van der Waals surface area contributed by atoms with Gasteiger partial charge in [0.05, 0.1) is 6.61 Å². The van der Waals surface area contributed by atoms with Crippen molar-refractivity contribution < 1.29 is 4.74 Å². The molecule has 1 aromatic rings. The molecule has 2 heterocycles. The maximum Gasteiger partial charge on any atom is 0.0535 e. The largest absolute Gasteiger partial charge is 0.381 e. The smallest absolute Gasteiger partial charge is 0.0535 e. The van der Waals surface area contributed by atoms with E-state index in [1.165, 1.54) is 35.0 Å². The minimum atomic E-state index is 0.581. The molecule has 0 saturated carbocycles. The number of benzene rings is 1. The third-order valence-electron chi connectivity index (χ3n) is 4.16. The molecule has 2 saturated heterocycles. The fraction of sp³-hybridized carbons (Fsp3) is 0.600. The van der Waals surface area contributed by atoms with Crippen LogP contribution in [0.1, 0.15) is 42.2 Å². The summed E-state index contributed by atoms with van der Waals surface area (Å²) in [5, 5.41) is 3.49. The van der Waals surface area contributed by atoms with Crippen molar-refractivity contribution in [2.45, 2.75) is 31.1 Å². The van der Waals surface area contributed by atoms with Crippen LogP contribution >= 0.6 is 15.9 Å². The Bertz CT molecular complexity index is 409. The highest BCUT2D eigenvalue weighted by molar-refractivity contribution is 9.10. The van der Waals surface area contributed by atoms with E-state index in [4.69, 9.17) is 4.74 Å². The van der Waals surface area contributed by atoms with Crippen LogP contribution in [-0.2, 0) is 4.74 Å². The molecule has 0 spiro atoms. The number of piperidine rings is 1. The average molecular weight is 310 g/mol. The first-order valence-corrected chi connectivity index (χ1v) is 7.71. The second-order valence-corrected chi connectivity index (χ2v) is 6.24. The van der Waals surface area contributed by atoms with Gasteiger partial charge in [0.1, 0.15) is 0 Å². The molecule has 0 amide bonds. The molecular formula is C15H20BrNO. The Morgan fingerprint density at radius 2 is 2.17 bits per heavy atom. The van der Waals surface area contributed by atoms with Crippen LogP contribution in [0.5, 0.6) is 0 Å². The first-order chi connectivity index (χ1) is 8.84. The van der Waals surface area contributed by atoms with Gasteiger partial charge in [0, 0.05) is 23.5 Å². The summed E-state index contributed by atoms with van der Waals surface area (Å²) in [5.74, 6) is 1.27. The Kier molecular flexibility index (Phi) is 4.02. The average Bonchev–Trinajstić information content (AvgIpc) is 2.93. The third kappa shape index (κ3) is 2.63. The van der Waals surface area contributed by atoms with Crippen molar-refractivity contribution in [2.24, 2.45) is 0 Å². The summed E-state index contributed by atoms with van der Waals surface area (Å²) in [5.41, 5.74) is 2.89. The molecule has 2 atom stereocenters. The zero-order chi connectivity index (χ0) is 12.4. The molecule has 2 aliphatic heterocycles. The van der Waals surface area contributed by atoms with Crippen LogP contribution in [-0.4, -0.2) is 26.3 Å². The summed E-state index contributed by atoms with van der Waals surface area (Å²) < 4.78 is 6.75. The third-order valence-corrected chi connectivity index (χ3v) is 4.85. The van der Waals surface area contributed by atoms with E-state index in [2.05, 4.69) is 39.4 Å². The molecule has 2 nitrogen and oxygen atoms in total. The Morgan fingerprint density at radius 3 is 2.83 bits per heavy atom. The molecule has 98 valence electrons. The topological polar surface area (TPSA) is 21.3 Å². The Morgan fingerprint density at radius 1 is 1.22 bits per heavy atom. The molecule has 2 aliphatic rings. The Hall–Kier alpha value is -0.380. The van der Waals surface area contributed by atoms with Gasteiger partial charge in [-0.15, -0.1) is 0 Å². The quantitative estimate of drug-likeness (QED) is 0.904. The zero-order valence-corrected chi connectivity index (χ0v) is 12.2. The summed E-state index contributed by atoms with van der Waals surface area (Å²) in [7, 11) is 0. The van der Waals surface area contributed by atoms with E-state index in [1.807, 2.05) is 0 Å². The van der Waals surface area contributed by atoms with E-state index in [0.717, 1.165) is 26.2 Å². The molecule has 0 aliphatic carbocycles. The number of rotatable bonds is 2. The summed E-state index contributed by atoms with van der Waals surface area (Å²) in [6.45, 7) is 4.09. The van der Waals surface area contributed by atoms with Gasteiger partial charge >= 0.3 is 0 Å².